The van der Waals surface area contributed by atoms with Crippen molar-refractivity contribution in [3.63, 3.8) is 0 Å². The number of amides is 4. The van der Waals surface area contributed by atoms with E-state index in [2.05, 4.69) is 0 Å². The van der Waals surface area contributed by atoms with Gasteiger partial charge in [0.1, 0.15) is 5.57 Å². The fraction of sp³-hybridized carbons (Fsp3) is 0.560. The molecule has 2 saturated carbocycles. The molecule has 5 rings (SSSR count). The van der Waals surface area contributed by atoms with Crippen molar-refractivity contribution in [3.05, 3.63) is 30.0 Å². The Hall–Kier alpha value is -3.03. The fourth-order valence-electron chi connectivity index (χ4n) is 5.45. The Balaban J connectivity index is 1.49. The number of nitrogens with zero attached hydrogens (tertiary/aromatic N) is 3. The molecular formula is C25H31N3O5. The molecule has 0 radical (unpaired) electrons. The second-order valence-electron chi connectivity index (χ2n) is 9.41. The van der Waals surface area contributed by atoms with Gasteiger partial charge in [0.25, 0.3) is 11.8 Å². The Morgan fingerprint density at radius 2 is 1.36 bits per heavy atom. The average molecular weight is 454 g/mol. The lowest BCUT2D eigenvalue weighted by Gasteiger charge is -2.43. The third kappa shape index (κ3) is 4.07. The summed E-state index contributed by atoms with van der Waals surface area (Å²) in [6, 6.07) is 4.77. The predicted octanol–water partition coefficient (Wildman–Crippen LogP) is 4.19. The van der Waals surface area contributed by atoms with Crippen molar-refractivity contribution < 1.29 is 23.9 Å². The molecule has 4 amide bonds. The van der Waals surface area contributed by atoms with Gasteiger partial charge in [-0.2, -0.15) is 0 Å². The van der Waals surface area contributed by atoms with Gasteiger partial charge in [-0.3, -0.25) is 19.4 Å². The summed E-state index contributed by atoms with van der Waals surface area (Å²) in [6.45, 7) is 0.176. The standard InChI is InChI=1S/C25H31N3O5/c1-26(19-12-13-21-22(14-19)33-16-32-21)15-20-23(29)27(17-8-4-2-5-9-17)25(31)28(24(20)30)18-10-6-3-7-11-18/h12-15,17-18H,2-11,16H2,1H3. The van der Waals surface area contributed by atoms with Gasteiger partial charge in [-0.15, -0.1) is 0 Å². The zero-order chi connectivity index (χ0) is 22.9. The van der Waals surface area contributed by atoms with Crippen molar-refractivity contribution in [1.82, 2.24) is 9.80 Å². The Kier molecular flexibility index (Phi) is 6.00. The molecule has 8 heteroatoms. The number of hydrogen-bond acceptors (Lipinski definition) is 6. The molecule has 1 aromatic carbocycles. The summed E-state index contributed by atoms with van der Waals surface area (Å²) in [7, 11) is 1.79. The number of fused-ring (bicyclic) bond motifs is 1. The summed E-state index contributed by atoms with van der Waals surface area (Å²) in [6.07, 6.45) is 11.0. The number of ether oxygens (including phenoxy) is 2. The molecule has 8 nitrogen and oxygen atoms in total. The Morgan fingerprint density at radius 1 is 0.818 bits per heavy atom. The van der Waals surface area contributed by atoms with Crippen LogP contribution in [0.2, 0.25) is 0 Å². The van der Waals surface area contributed by atoms with Crippen molar-refractivity contribution in [2.45, 2.75) is 76.3 Å². The number of imide groups is 2. The van der Waals surface area contributed by atoms with Crippen LogP contribution < -0.4 is 14.4 Å². The zero-order valence-electron chi connectivity index (χ0n) is 19.1. The van der Waals surface area contributed by atoms with Crippen LogP contribution >= 0.6 is 0 Å². The van der Waals surface area contributed by atoms with Crippen molar-refractivity contribution in [1.29, 1.82) is 0 Å². The van der Waals surface area contributed by atoms with Crippen LogP contribution in [0.3, 0.4) is 0 Å². The van der Waals surface area contributed by atoms with Crippen LogP contribution in [0.15, 0.2) is 30.0 Å². The van der Waals surface area contributed by atoms with Crippen LogP contribution in [-0.2, 0) is 9.59 Å². The van der Waals surface area contributed by atoms with E-state index in [-0.39, 0.29) is 24.4 Å². The Bertz CT molecular complexity index is 936. The number of carbonyl (C=O) groups excluding carboxylic acids is 3. The van der Waals surface area contributed by atoms with Crippen molar-refractivity contribution in [3.8, 4) is 11.5 Å². The monoisotopic (exact) mass is 453 g/mol. The lowest BCUT2D eigenvalue weighted by atomic mass is 9.91. The molecular weight excluding hydrogens is 422 g/mol. The first-order chi connectivity index (χ1) is 16.0. The minimum absolute atomic E-state index is 0.0471. The molecule has 0 aromatic heterocycles. The van der Waals surface area contributed by atoms with Crippen LogP contribution in [0.1, 0.15) is 64.2 Å². The molecule has 176 valence electrons. The predicted molar refractivity (Wildman–Crippen MR) is 122 cm³/mol. The number of rotatable bonds is 4. The van der Waals surface area contributed by atoms with Crippen LogP contribution in [0.5, 0.6) is 11.5 Å². The summed E-state index contributed by atoms with van der Waals surface area (Å²) < 4.78 is 10.8. The Morgan fingerprint density at radius 3 is 1.94 bits per heavy atom. The van der Waals surface area contributed by atoms with E-state index in [4.69, 9.17) is 9.47 Å². The number of benzene rings is 1. The number of barbiturate groups is 1. The van der Waals surface area contributed by atoms with Gasteiger partial charge >= 0.3 is 6.03 Å². The van der Waals surface area contributed by atoms with Gasteiger partial charge in [0.2, 0.25) is 6.79 Å². The van der Waals surface area contributed by atoms with Gasteiger partial charge in [0.05, 0.1) is 0 Å². The van der Waals surface area contributed by atoms with E-state index < -0.39 is 17.8 Å². The SMILES string of the molecule is CN(C=C1C(=O)N(C2CCCCC2)C(=O)N(C2CCCCC2)C1=O)c1ccc2c(c1)OCO2. The minimum Gasteiger partial charge on any atom is -0.454 e. The first kappa shape index (κ1) is 21.8. The number of anilines is 1. The van der Waals surface area contributed by atoms with E-state index in [0.29, 0.717) is 11.5 Å². The summed E-state index contributed by atoms with van der Waals surface area (Å²) >= 11 is 0. The molecule has 0 unspecified atom stereocenters. The third-order valence-corrected chi connectivity index (χ3v) is 7.28. The summed E-state index contributed by atoms with van der Waals surface area (Å²) in [4.78, 5) is 45.1. The van der Waals surface area contributed by atoms with E-state index in [1.54, 1.807) is 18.1 Å². The smallest absolute Gasteiger partial charge is 0.334 e. The molecule has 3 fully saturated rings. The highest BCUT2D eigenvalue weighted by Crippen LogP contribution is 2.36. The lowest BCUT2D eigenvalue weighted by molar-refractivity contribution is -0.139. The van der Waals surface area contributed by atoms with Gasteiger partial charge in [-0.25, -0.2) is 4.79 Å². The van der Waals surface area contributed by atoms with Gasteiger partial charge in [0.15, 0.2) is 11.5 Å². The van der Waals surface area contributed by atoms with Gasteiger partial charge in [0, 0.05) is 37.1 Å². The molecule has 2 aliphatic carbocycles. The minimum atomic E-state index is -0.475. The van der Waals surface area contributed by atoms with Gasteiger partial charge in [-0.1, -0.05) is 38.5 Å². The number of urea groups is 1. The average Bonchev–Trinajstić information content (AvgIpc) is 3.31. The van der Waals surface area contributed by atoms with Crippen molar-refractivity contribution in [2.75, 3.05) is 18.7 Å². The molecule has 0 spiro atoms. The second kappa shape index (κ2) is 9.08. The third-order valence-electron chi connectivity index (χ3n) is 7.28. The molecule has 4 aliphatic rings. The highest BCUT2D eigenvalue weighted by Gasteiger charge is 2.47. The maximum atomic E-state index is 13.5. The maximum absolute atomic E-state index is 13.5. The van der Waals surface area contributed by atoms with Gasteiger partial charge < -0.3 is 14.4 Å². The molecule has 0 atom stereocenters. The molecule has 1 aromatic rings. The first-order valence-electron chi connectivity index (χ1n) is 12.1. The maximum Gasteiger partial charge on any atom is 0.334 e. The van der Waals surface area contributed by atoms with E-state index >= 15 is 0 Å². The molecule has 33 heavy (non-hydrogen) atoms. The molecule has 0 N–H and O–H groups in total. The number of carbonyl (C=O) groups is 3. The fourth-order valence-corrected chi connectivity index (χ4v) is 5.45. The van der Waals surface area contributed by atoms with Crippen LogP contribution in [0.4, 0.5) is 10.5 Å². The summed E-state index contributed by atoms with van der Waals surface area (Å²) in [5, 5.41) is 0. The van der Waals surface area contributed by atoms with Crippen molar-refractivity contribution >= 4 is 23.5 Å². The van der Waals surface area contributed by atoms with E-state index in [1.807, 2.05) is 18.2 Å². The van der Waals surface area contributed by atoms with E-state index in [0.717, 1.165) is 69.9 Å². The summed E-state index contributed by atoms with van der Waals surface area (Å²) in [5.41, 5.74) is 0.809. The highest BCUT2D eigenvalue weighted by atomic mass is 16.7. The van der Waals surface area contributed by atoms with Gasteiger partial charge in [-0.05, 0) is 37.8 Å². The van der Waals surface area contributed by atoms with E-state index in [9.17, 15) is 14.4 Å². The quantitative estimate of drug-likeness (QED) is 0.502. The second-order valence-corrected chi connectivity index (χ2v) is 9.41. The summed E-state index contributed by atoms with van der Waals surface area (Å²) in [5.74, 6) is 0.345. The topological polar surface area (TPSA) is 79.4 Å². The molecule has 2 heterocycles. The lowest BCUT2D eigenvalue weighted by Crippen LogP contribution is -2.62. The normalized spacial score (nSPS) is 22.2. The Labute approximate surface area is 194 Å². The largest absolute Gasteiger partial charge is 0.454 e. The molecule has 1 saturated heterocycles. The zero-order valence-corrected chi connectivity index (χ0v) is 19.1. The van der Waals surface area contributed by atoms with Crippen LogP contribution in [0, 0.1) is 0 Å². The van der Waals surface area contributed by atoms with Crippen LogP contribution in [-0.4, -0.2) is 53.6 Å². The first-order valence-corrected chi connectivity index (χ1v) is 12.1. The molecule has 2 aliphatic heterocycles. The molecule has 0 bridgehead atoms. The van der Waals surface area contributed by atoms with Crippen LogP contribution in [0.25, 0.3) is 0 Å². The van der Waals surface area contributed by atoms with Crippen molar-refractivity contribution in [2.24, 2.45) is 0 Å². The highest BCUT2D eigenvalue weighted by molar-refractivity contribution is 6.29. The number of hydrogen-bond donors (Lipinski definition) is 0. The van der Waals surface area contributed by atoms with E-state index in [1.165, 1.54) is 9.80 Å².